The molecular weight excluding hydrogens is 342 g/mol. The lowest BCUT2D eigenvalue weighted by Crippen LogP contribution is -2.56. The third kappa shape index (κ3) is 4.34. The van der Waals surface area contributed by atoms with E-state index in [1.807, 2.05) is 60.7 Å². The molecule has 1 saturated carbocycles. The number of carbonyl (C=O) groups excluding carboxylic acids is 2. The highest BCUT2D eigenvalue weighted by Crippen LogP contribution is 2.30. The summed E-state index contributed by atoms with van der Waals surface area (Å²) >= 11 is 0. The number of amides is 2. The largest absolute Gasteiger partial charge is 0.453 e. The summed E-state index contributed by atoms with van der Waals surface area (Å²) in [7, 11) is 1.29. The number of methoxy groups -OCH3 is 1. The number of benzene rings is 2. The molecule has 0 unspecified atom stereocenters. The molecule has 0 saturated heterocycles. The van der Waals surface area contributed by atoms with Crippen LogP contribution in [0.3, 0.4) is 0 Å². The molecule has 0 aliphatic heterocycles. The van der Waals surface area contributed by atoms with Crippen molar-refractivity contribution in [3.05, 3.63) is 71.8 Å². The van der Waals surface area contributed by atoms with Gasteiger partial charge in [0, 0.05) is 11.1 Å². The van der Waals surface area contributed by atoms with Gasteiger partial charge in [-0.15, -0.1) is 0 Å². The molecule has 2 N–H and O–H groups in total. The van der Waals surface area contributed by atoms with Crippen molar-refractivity contribution in [3.63, 3.8) is 0 Å². The summed E-state index contributed by atoms with van der Waals surface area (Å²) in [5, 5.41) is 7.11. The number of carbonyl (C=O) groups is 2. The van der Waals surface area contributed by atoms with Crippen LogP contribution in [-0.4, -0.2) is 30.4 Å². The van der Waals surface area contributed by atoms with Crippen LogP contribution in [0, 0.1) is 0 Å². The fraction of sp³-hybridized carbons (Fsp3) is 0.286. The Balaban J connectivity index is 1.87. The fourth-order valence-electron chi connectivity index (χ4n) is 3.34. The molecule has 1 fully saturated rings. The average molecular weight is 365 g/mol. The van der Waals surface area contributed by atoms with Gasteiger partial charge in [-0.25, -0.2) is 10.2 Å². The quantitative estimate of drug-likeness (QED) is 0.631. The summed E-state index contributed by atoms with van der Waals surface area (Å²) in [5.41, 5.74) is 4.14. The molecule has 3 rings (SSSR count). The Morgan fingerprint density at radius 1 is 0.926 bits per heavy atom. The Labute approximate surface area is 158 Å². The van der Waals surface area contributed by atoms with E-state index in [0.29, 0.717) is 18.6 Å². The minimum absolute atomic E-state index is 0.324. The van der Waals surface area contributed by atoms with Gasteiger partial charge in [-0.1, -0.05) is 73.5 Å². The fourth-order valence-corrected chi connectivity index (χ4v) is 3.34. The van der Waals surface area contributed by atoms with Crippen molar-refractivity contribution in [2.45, 2.75) is 31.2 Å². The van der Waals surface area contributed by atoms with Crippen molar-refractivity contribution in [3.8, 4) is 0 Å². The van der Waals surface area contributed by atoms with Gasteiger partial charge in [0.2, 0.25) is 0 Å². The molecule has 6 nitrogen and oxygen atoms in total. The number of rotatable bonds is 5. The van der Waals surface area contributed by atoms with Crippen LogP contribution in [-0.2, 0) is 9.53 Å². The third-order valence-electron chi connectivity index (χ3n) is 4.78. The highest BCUT2D eigenvalue weighted by molar-refractivity contribution is 6.13. The van der Waals surface area contributed by atoms with Crippen LogP contribution in [0.5, 0.6) is 0 Å². The molecular formula is C21H23N3O3. The van der Waals surface area contributed by atoms with Crippen LogP contribution in [0.15, 0.2) is 65.8 Å². The maximum absolute atomic E-state index is 12.9. The first-order valence-electron chi connectivity index (χ1n) is 9.00. The normalized spacial score (nSPS) is 14.9. The number of nitrogens with one attached hydrogen (secondary N) is 2. The first-order valence-corrected chi connectivity index (χ1v) is 9.00. The molecule has 6 heteroatoms. The van der Waals surface area contributed by atoms with Crippen molar-refractivity contribution < 1.29 is 14.3 Å². The summed E-state index contributed by atoms with van der Waals surface area (Å²) in [5.74, 6) is -0.324. The molecule has 1 aliphatic rings. The van der Waals surface area contributed by atoms with Gasteiger partial charge in [0.25, 0.3) is 5.91 Å². The zero-order chi connectivity index (χ0) is 19.1. The molecule has 0 spiro atoms. The van der Waals surface area contributed by atoms with Gasteiger partial charge in [-0.05, 0) is 12.8 Å². The van der Waals surface area contributed by atoms with Crippen LogP contribution >= 0.6 is 0 Å². The van der Waals surface area contributed by atoms with Crippen molar-refractivity contribution in [1.29, 1.82) is 0 Å². The van der Waals surface area contributed by atoms with E-state index in [1.54, 1.807) is 0 Å². The Kier molecular flexibility index (Phi) is 5.86. The molecule has 2 aromatic rings. The van der Waals surface area contributed by atoms with Crippen molar-refractivity contribution in [1.82, 2.24) is 10.7 Å². The van der Waals surface area contributed by atoms with E-state index in [0.717, 1.165) is 24.0 Å². The van der Waals surface area contributed by atoms with Gasteiger partial charge >= 0.3 is 6.09 Å². The minimum atomic E-state index is -0.977. The monoisotopic (exact) mass is 365 g/mol. The lowest BCUT2D eigenvalue weighted by atomic mass is 9.97. The third-order valence-corrected chi connectivity index (χ3v) is 4.78. The molecule has 140 valence electrons. The van der Waals surface area contributed by atoms with Gasteiger partial charge in [-0.3, -0.25) is 4.79 Å². The summed E-state index contributed by atoms with van der Waals surface area (Å²) in [6, 6.07) is 19.3. The number of hydrogen-bond acceptors (Lipinski definition) is 4. The SMILES string of the molecule is COC(=O)NC1(C(=O)NN=C(c2ccccc2)c2ccccc2)CCCC1. The predicted octanol–water partition coefficient (Wildman–Crippen LogP) is 3.22. The summed E-state index contributed by atoms with van der Waals surface area (Å²) < 4.78 is 4.69. The Morgan fingerprint density at radius 2 is 1.44 bits per heavy atom. The molecule has 2 aromatic carbocycles. The number of hydrazone groups is 1. The second-order valence-corrected chi connectivity index (χ2v) is 6.54. The zero-order valence-corrected chi connectivity index (χ0v) is 15.3. The van der Waals surface area contributed by atoms with Gasteiger partial charge in [0.15, 0.2) is 0 Å². The number of ether oxygens (including phenoxy) is 1. The average Bonchev–Trinajstić information content (AvgIpc) is 3.19. The van der Waals surface area contributed by atoms with E-state index < -0.39 is 11.6 Å². The van der Waals surface area contributed by atoms with Gasteiger partial charge in [0.05, 0.1) is 12.8 Å². The van der Waals surface area contributed by atoms with E-state index in [9.17, 15) is 9.59 Å². The van der Waals surface area contributed by atoms with Gasteiger partial charge in [0.1, 0.15) is 5.54 Å². The van der Waals surface area contributed by atoms with E-state index in [2.05, 4.69) is 20.6 Å². The number of hydrogen-bond donors (Lipinski definition) is 2. The molecule has 0 atom stereocenters. The molecule has 0 bridgehead atoms. The Morgan fingerprint density at radius 3 is 1.93 bits per heavy atom. The maximum atomic E-state index is 12.9. The topological polar surface area (TPSA) is 79.8 Å². The molecule has 2 amide bonds. The zero-order valence-electron chi connectivity index (χ0n) is 15.3. The number of alkyl carbamates (subject to hydrolysis) is 1. The Hall–Kier alpha value is -3.15. The van der Waals surface area contributed by atoms with Crippen LogP contribution in [0.4, 0.5) is 4.79 Å². The first-order chi connectivity index (χ1) is 13.1. The Bertz CT molecular complexity index is 772. The standard InChI is InChI=1S/C21H23N3O3/c1-27-20(26)22-21(14-8-9-15-21)19(25)24-23-18(16-10-4-2-5-11-16)17-12-6-3-7-13-17/h2-7,10-13H,8-9,14-15H2,1H3,(H,22,26)(H,24,25). The second kappa shape index (κ2) is 8.49. The first kappa shape index (κ1) is 18.6. The summed E-state index contributed by atoms with van der Waals surface area (Å²) in [6.07, 6.45) is 2.25. The second-order valence-electron chi connectivity index (χ2n) is 6.54. The van der Waals surface area contributed by atoms with Gasteiger partial charge < -0.3 is 10.1 Å². The predicted molar refractivity (Wildman–Crippen MR) is 103 cm³/mol. The van der Waals surface area contributed by atoms with Crippen LogP contribution in [0.1, 0.15) is 36.8 Å². The van der Waals surface area contributed by atoms with Gasteiger partial charge in [-0.2, -0.15) is 5.10 Å². The van der Waals surface area contributed by atoms with E-state index in [1.165, 1.54) is 7.11 Å². The molecule has 0 radical (unpaired) electrons. The minimum Gasteiger partial charge on any atom is -0.453 e. The van der Waals surface area contributed by atoms with E-state index in [4.69, 9.17) is 0 Å². The van der Waals surface area contributed by atoms with Crippen LogP contribution in [0.2, 0.25) is 0 Å². The smallest absolute Gasteiger partial charge is 0.407 e. The van der Waals surface area contributed by atoms with E-state index in [-0.39, 0.29) is 5.91 Å². The molecule has 0 heterocycles. The highest BCUT2D eigenvalue weighted by atomic mass is 16.5. The highest BCUT2D eigenvalue weighted by Gasteiger charge is 2.43. The van der Waals surface area contributed by atoms with Crippen molar-refractivity contribution in [2.75, 3.05) is 7.11 Å². The van der Waals surface area contributed by atoms with E-state index >= 15 is 0 Å². The maximum Gasteiger partial charge on any atom is 0.407 e. The summed E-state index contributed by atoms with van der Waals surface area (Å²) in [4.78, 5) is 24.6. The molecule has 0 aromatic heterocycles. The van der Waals surface area contributed by atoms with Crippen molar-refractivity contribution >= 4 is 17.7 Å². The molecule has 1 aliphatic carbocycles. The van der Waals surface area contributed by atoms with Crippen LogP contribution in [0.25, 0.3) is 0 Å². The van der Waals surface area contributed by atoms with Crippen molar-refractivity contribution in [2.24, 2.45) is 5.10 Å². The van der Waals surface area contributed by atoms with Crippen LogP contribution < -0.4 is 10.7 Å². The lowest BCUT2D eigenvalue weighted by Gasteiger charge is -2.27. The number of nitrogens with zero attached hydrogens (tertiary/aromatic N) is 1. The lowest BCUT2D eigenvalue weighted by molar-refractivity contribution is -0.127. The molecule has 27 heavy (non-hydrogen) atoms. The summed E-state index contributed by atoms with van der Waals surface area (Å²) in [6.45, 7) is 0.